The van der Waals surface area contributed by atoms with Crippen molar-refractivity contribution in [2.24, 2.45) is 0 Å². The fourth-order valence-corrected chi connectivity index (χ4v) is 5.67. The number of aryl methyl sites for hydroxylation is 1. The topological polar surface area (TPSA) is 56.0 Å². The zero-order valence-corrected chi connectivity index (χ0v) is 15.0. The smallest absolute Gasteiger partial charge is 0.174 e. The van der Waals surface area contributed by atoms with Gasteiger partial charge in [-0.15, -0.1) is 10.2 Å². The van der Waals surface area contributed by atoms with E-state index in [0.717, 1.165) is 32.9 Å². The zero-order chi connectivity index (χ0) is 15.8. The summed E-state index contributed by atoms with van der Waals surface area (Å²) in [5, 5.41) is 15.0. The number of pyridine rings is 1. The highest BCUT2D eigenvalue weighted by atomic mass is 35.5. The molecule has 5 nitrogen and oxygen atoms in total. The van der Waals surface area contributed by atoms with Crippen LogP contribution < -0.4 is 0 Å². The van der Waals surface area contributed by atoms with Crippen LogP contribution >= 0.6 is 34.7 Å². The number of aromatic nitrogens is 5. The van der Waals surface area contributed by atoms with E-state index in [0.29, 0.717) is 11.2 Å². The van der Waals surface area contributed by atoms with E-state index in [1.165, 1.54) is 18.4 Å². The Hall–Kier alpha value is -1.18. The van der Waals surface area contributed by atoms with Crippen LogP contribution in [0.2, 0.25) is 5.02 Å². The van der Waals surface area contributed by atoms with Gasteiger partial charge in [0.15, 0.2) is 9.99 Å². The molecule has 1 aliphatic rings. The van der Waals surface area contributed by atoms with Crippen molar-refractivity contribution in [1.29, 1.82) is 0 Å². The van der Waals surface area contributed by atoms with Gasteiger partial charge in [0.1, 0.15) is 11.3 Å². The van der Waals surface area contributed by atoms with Crippen molar-refractivity contribution in [2.45, 2.75) is 48.1 Å². The minimum Gasteiger partial charge on any atom is -0.221 e. The maximum atomic E-state index is 6.46. The van der Waals surface area contributed by atoms with Gasteiger partial charge in [0, 0.05) is 22.5 Å². The lowest BCUT2D eigenvalue weighted by molar-refractivity contribution is 0.452. The first-order valence-corrected chi connectivity index (χ1v) is 9.72. The molecular formula is C15H16ClN5S2. The number of fused-ring (bicyclic) bond motifs is 1. The average molecular weight is 366 g/mol. The first kappa shape index (κ1) is 15.4. The molecule has 8 heteroatoms. The largest absolute Gasteiger partial charge is 0.221 e. The van der Waals surface area contributed by atoms with Crippen molar-refractivity contribution in [1.82, 2.24) is 24.8 Å². The second-order valence-electron chi connectivity index (χ2n) is 5.82. The fraction of sp³-hybridized carbons (Fsp3) is 0.467. The molecule has 0 radical (unpaired) electrons. The average Bonchev–Trinajstić information content (AvgIpc) is 3.16. The van der Waals surface area contributed by atoms with E-state index in [-0.39, 0.29) is 0 Å². The standard InChI is InChI=1S/C15H16ClN5S2/c1-9-19-20-15(22-9)23-11-4-2-10(3-5-11)12-7-21-14(6-13(12)16)17-8-18-21/h6-8,10-11H,2-5H2,1H3/t10-,11-. The highest BCUT2D eigenvalue weighted by Crippen LogP contribution is 2.42. The Bertz CT molecular complexity index is 822. The summed E-state index contributed by atoms with van der Waals surface area (Å²) in [4.78, 5) is 4.18. The molecule has 3 heterocycles. The molecule has 0 spiro atoms. The monoisotopic (exact) mass is 365 g/mol. The van der Waals surface area contributed by atoms with E-state index in [9.17, 15) is 0 Å². The van der Waals surface area contributed by atoms with E-state index in [4.69, 9.17) is 11.6 Å². The summed E-state index contributed by atoms with van der Waals surface area (Å²) in [5.74, 6) is 0.504. The maximum Gasteiger partial charge on any atom is 0.174 e. The van der Waals surface area contributed by atoms with Gasteiger partial charge < -0.3 is 0 Å². The van der Waals surface area contributed by atoms with Crippen molar-refractivity contribution in [3.8, 4) is 0 Å². The molecule has 0 aliphatic heterocycles. The molecule has 4 rings (SSSR count). The van der Waals surface area contributed by atoms with Crippen LogP contribution in [0.3, 0.4) is 0 Å². The Kier molecular flexibility index (Phi) is 4.26. The van der Waals surface area contributed by atoms with Crippen LogP contribution in [0, 0.1) is 6.92 Å². The molecule has 1 aliphatic carbocycles. The third-order valence-electron chi connectivity index (χ3n) is 4.28. The molecule has 23 heavy (non-hydrogen) atoms. The van der Waals surface area contributed by atoms with Crippen molar-refractivity contribution in [2.75, 3.05) is 0 Å². The molecule has 1 saturated carbocycles. The fourth-order valence-electron chi connectivity index (χ4n) is 3.11. The zero-order valence-electron chi connectivity index (χ0n) is 12.6. The van der Waals surface area contributed by atoms with Crippen molar-refractivity contribution in [3.05, 3.63) is 34.2 Å². The van der Waals surface area contributed by atoms with Gasteiger partial charge in [0.05, 0.1) is 0 Å². The van der Waals surface area contributed by atoms with Gasteiger partial charge in [-0.05, 0) is 44.1 Å². The van der Waals surface area contributed by atoms with E-state index in [1.807, 2.05) is 35.5 Å². The molecule has 0 aromatic carbocycles. The molecule has 0 bridgehead atoms. The molecule has 3 aromatic rings. The van der Waals surface area contributed by atoms with Gasteiger partial charge in [-0.25, -0.2) is 9.50 Å². The van der Waals surface area contributed by atoms with Gasteiger partial charge in [0.2, 0.25) is 0 Å². The Morgan fingerprint density at radius 1 is 1.26 bits per heavy atom. The van der Waals surface area contributed by atoms with Crippen molar-refractivity contribution < 1.29 is 0 Å². The van der Waals surface area contributed by atoms with Gasteiger partial charge in [-0.1, -0.05) is 34.7 Å². The molecule has 0 amide bonds. The minimum absolute atomic E-state index is 0.504. The summed E-state index contributed by atoms with van der Waals surface area (Å²) in [6.45, 7) is 2.00. The number of nitrogens with zero attached hydrogens (tertiary/aromatic N) is 5. The van der Waals surface area contributed by atoms with Gasteiger partial charge in [-0.2, -0.15) is 5.10 Å². The molecule has 0 N–H and O–H groups in total. The summed E-state index contributed by atoms with van der Waals surface area (Å²) < 4.78 is 2.90. The SMILES string of the molecule is Cc1nnc(S[C@H]2CC[C@H](c3cn4ncnc4cc3Cl)CC2)s1. The van der Waals surface area contributed by atoms with Gasteiger partial charge in [0.25, 0.3) is 0 Å². The number of hydrogen-bond donors (Lipinski definition) is 0. The first-order valence-electron chi connectivity index (χ1n) is 7.64. The van der Waals surface area contributed by atoms with Crippen LogP contribution in [0.4, 0.5) is 0 Å². The summed E-state index contributed by atoms with van der Waals surface area (Å²) in [5.41, 5.74) is 1.99. The lowest BCUT2D eigenvalue weighted by atomic mass is 9.84. The van der Waals surface area contributed by atoms with E-state index < -0.39 is 0 Å². The first-order chi connectivity index (χ1) is 11.2. The van der Waals surface area contributed by atoms with Crippen molar-refractivity contribution in [3.63, 3.8) is 0 Å². The Labute approximate surface area is 147 Å². The molecule has 0 saturated heterocycles. The lowest BCUT2D eigenvalue weighted by Gasteiger charge is -2.28. The van der Waals surface area contributed by atoms with Crippen LogP contribution in [-0.4, -0.2) is 30.0 Å². The number of rotatable bonds is 3. The van der Waals surface area contributed by atoms with E-state index >= 15 is 0 Å². The Balaban J connectivity index is 1.44. The van der Waals surface area contributed by atoms with Crippen LogP contribution in [0.15, 0.2) is 22.9 Å². The second kappa shape index (κ2) is 6.37. The lowest BCUT2D eigenvalue weighted by Crippen LogP contribution is -2.15. The van der Waals surface area contributed by atoms with Crippen LogP contribution in [0.5, 0.6) is 0 Å². The van der Waals surface area contributed by atoms with Crippen LogP contribution in [0.1, 0.15) is 42.2 Å². The normalized spacial score (nSPS) is 21.8. The van der Waals surface area contributed by atoms with Gasteiger partial charge in [-0.3, -0.25) is 0 Å². The maximum absolute atomic E-state index is 6.46. The predicted molar refractivity (Wildman–Crippen MR) is 93.5 cm³/mol. The van der Waals surface area contributed by atoms with Crippen LogP contribution in [-0.2, 0) is 0 Å². The van der Waals surface area contributed by atoms with Crippen LogP contribution in [0.25, 0.3) is 5.65 Å². The van der Waals surface area contributed by atoms with E-state index in [1.54, 1.807) is 17.7 Å². The molecule has 0 atom stereocenters. The Morgan fingerprint density at radius 3 is 2.83 bits per heavy atom. The van der Waals surface area contributed by atoms with Gasteiger partial charge >= 0.3 is 0 Å². The summed E-state index contributed by atoms with van der Waals surface area (Å²) >= 11 is 10.0. The van der Waals surface area contributed by atoms with E-state index in [2.05, 4.69) is 20.3 Å². The highest BCUT2D eigenvalue weighted by Gasteiger charge is 2.26. The molecule has 0 unspecified atom stereocenters. The third kappa shape index (κ3) is 3.22. The predicted octanol–water partition coefficient (Wildman–Crippen LogP) is 4.36. The number of thioether (sulfide) groups is 1. The number of hydrogen-bond acceptors (Lipinski definition) is 6. The molecule has 1 fully saturated rings. The minimum atomic E-state index is 0.504. The molecule has 120 valence electrons. The third-order valence-corrected chi connectivity index (χ3v) is 6.87. The summed E-state index contributed by atoms with van der Waals surface area (Å²) in [7, 11) is 0. The quantitative estimate of drug-likeness (QED) is 0.690. The highest BCUT2D eigenvalue weighted by molar-refractivity contribution is 8.01. The summed E-state index contributed by atoms with van der Waals surface area (Å²) in [6.07, 6.45) is 8.26. The summed E-state index contributed by atoms with van der Waals surface area (Å²) in [6, 6.07) is 1.91. The van der Waals surface area contributed by atoms with Crippen molar-refractivity contribution >= 4 is 40.3 Å². The Morgan fingerprint density at radius 2 is 2.09 bits per heavy atom. The number of halogens is 1. The molecular weight excluding hydrogens is 350 g/mol. The second-order valence-corrected chi connectivity index (χ2v) is 8.95. The molecule has 3 aromatic heterocycles.